The minimum atomic E-state index is -0.000556. The molecule has 3 rings (SSSR count). The van der Waals surface area contributed by atoms with Crippen molar-refractivity contribution in [2.75, 3.05) is 5.75 Å². The topological polar surface area (TPSA) is 37.8 Å². The minimum absolute atomic E-state index is 0.000556. The molecule has 1 saturated heterocycles. The van der Waals surface area contributed by atoms with Crippen molar-refractivity contribution in [3.05, 3.63) is 33.2 Å². The fourth-order valence-corrected chi connectivity index (χ4v) is 4.03. The zero-order valence-electron chi connectivity index (χ0n) is 9.28. The number of thioether (sulfide) groups is 1. The van der Waals surface area contributed by atoms with Crippen LogP contribution in [0.5, 0.6) is 0 Å². The van der Waals surface area contributed by atoms with E-state index in [-0.39, 0.29) is 5.69 Å². The Morgan fingerprint density at radius 2 is 2.41 bits per heavy atom. The van der Waals surface area contributed by atoms with Crippen LogP contribution in [0.15, 0.2) is 27.5 Å². The lowest BCUT2D eigenvalue weighted by Crippen LogP contribution is -2.21. The van der Waals surface area contributed by atoms with Crippen molar-refractivity contribution in [3.8, 4) is 0 Å². The summed E-state index contributed by atoms with van der Waals surface area (Å²) in [7, 11) is 0. The summed E-state index contributed by atoms with van der Waals surface area (Å²) in [5.74, 6) is 1.23. The predicted molar refractivity (Wildman–Crippen MR) is 75.7 cm³/mol. The van der Waals surface area contributed by atoms with Gasteiger partial charge in [0.05, 0.1) is 11.0 Å². The van der Waals surface area contributed by atoms with Crippen LogP contribution in [0.25, 0.3) is 11.0 Å². The molecule has 1 aromatic carbocycles. The molecular formula is C12H13BrN2OS. The Labute approximate surface area is 112 Å². The third kappa shape index (κ3) is 2.06. The molecule has 1 aliphatic rings. The number of rotatable bonds is 2. The summed E-state index contributed by atoms with van der Waals surface area (Å²) in [4.78, 5) is 14.9. The molecule has 1 aliphatic heterocycles. The average Bonchev–Trinajstić information content (AvgIpc) is 2.91. The van der Waals surface area contributed by atoms with Crippen LogP contribution in [0.3, 0.4) is 0 Å². The predicted octanol–water partition coefficient (Wildman–Crippen LogP) is 2.99. The van der Waals surface area contributed by atoms with E-state index in [0.717, 1.165) is 22.1 Å². The number of imidazole rings is 1. The van der Waals surface area contributed by atoms with Gasteiger partial charge in [-0.15, -0.1) is 0 Å². The standard InChI is InChI=1S/C12H13BrN2OS/c13-9-4-1-5-10-11(9)14-12(16)15(10)7-8-3-2-6-17-8/h1,4-5,8H,2-3,6-7H2,(H,14,16). The SMILES string of the molecule is O=c1[nH]c2c(Br)cccc2n1CC1CCCS1. The molecule has 90 valence electrons. The monoisotopic (exact) mass is 312 g/mol. The van der Waals surface area contributed by atoms with E-state index in [1.165, 1.54) is 18.6 Å². The van der Waals surface area contributed by atoms with Gasteiger partial charge in [0, 0.05) is 16.3 Å². The van der Waals surface area contributed by atoms with Crippen molar-refractivity contribution in [3.63, 3.8) is 0 Å². The molecule has 5 heteroatoms. The van der Waals surface area contributed by atoms with Crippen LogP contribution in [-0.4, -0.2) is 20.6 Å². The van der Waals surface area contributed by atoms with E-state index in [1.807, 2.05) is 34.5 Å². The van der Waals surface area contributed by atoms with Gasteiger partial charge in [-0.2, -0.15) is 11.8 Å². The number of fused-ring (bicyclic) bond motifs is 1. The first-order valence-corrected chi connectivity index (χ1v) is 7.58. The Bertz CT molecular complexity index is 598. The van der Waals surface area contributed by atoms with E-state index in [1.54, 1.807) is 0 Å². The van der Waals surface area contributed by atoms with Crippen molar-refractivity contribution >= 4 is 38.7 Å². The van der Waals surface area contributed by atoms with Crippen LogP contribution in [0.2, 0.25) is 0 Å². The largest absolute Gasteiger partial charge is 0.326 e. The number of hydrogen-bond acceptors (Lipinski definition) is 2. The summed E-state index contributed by atoms with van der Waals surface area (Å²) in [6, 6.07) is 5.92. The first-order valence-electron chi connectivity index (χ1n) is 5.74. The molecule has 1 fully saturated rings. The summed E-state index contributed by atoms with van der Waals surface area (Å²) in [5.41, 5.74) is 1.90. The minimum Gasteiger partial charge on any atom is -0.305 e. The molecule has 0 radical (unpaired) electrons. The molecule has 0 spiro atoms. The average molecular weight is 313 g/mol. The Hall–Kier alpha value is -0.680. The Morgan fingerprint density at radius 3 is 3.18 bits per heavy atom. The smallest absolute Gasteiger partial charge is 0.305 e. The molecule has 0 saturated carbocycles. The highest BCUT2D eigenvalue weighted by molar-refractivity contribution is 9.10. The number of para-hydroxylation sites is 1. The van der Waals surface area contributed by atoms with Gasteiger partial charge >= 0.3 is 5.69 Å². The van der Waals surface area contributed by atoms with Crippen molar-refractivity contribution in [2.45, 2.75) is 24.6 Å². The van der Waals surface area contributed by atoms with Crippen molar-refractivity contribution in [1.82, 2.24) is 9.55 Å². The van der Waals surface area contributed by atoms with Gasteiger partial charge in [-0.25, -0.2) is 4.79 Å². The first kappa shape index (κ1) is 11.4. The zero-order valence-corrected chi connectivity index (χ0v) is 11.7. The Balaban J connectivity index is 2.06. The van der Waals surface area contributed by atoms with Crippen LogP contribution in [0.1, 0.15) is 12.8 Å². The molecule has 0 aliphatic carbocycles. The van der Waals surface area contributed by atoms with E-state index in [4.69, 9.17) is 0 Å². The maximum absolute atomic E-state index is 12.0. The molecule has 2 aromatic rings. The Kier molecular flexibility index (Phi) is 3.04. The van der Waals surface area contributed by atoms with E-state index in [2.05, 4.69) is 20.9 Å². The molecule has 1 unspecified atom stereocenters. The number of aromatic amines is 1. The summed E-state index contributed by atoms with van der Waals surface area (Å²) < 4.78 is 2.81. The molecule has 17 heavy (non-hydrogen) atoms. The van der Waals surface area contributed by atoms with Gasteiger partial charge in [-0.1, -0.05) is 6.07 Å². The third-order valence-electron chi connectivity index (χ3n) is 3.17. The second-order valence-electron chi connectivity index (χ2n) is 4.31. The van der Waals surface area contributed by atoms with Crippen LogP contribution in [0.4, 0.5) is 0 Å². The van der Waals surface area contributed by atoms with Crippen molar-refractivity contribution in [2.24, 2.45) is 0 Å². The van der Waals surface area contributed by atoms with Crippen molar-refractivity contribution < 1.29 is 0 Å². The molecule has 3 nitrogen and oxygen atoms in total. The maximum atomic E-state index is 12.0. The quantitative estimate of drug-likeness (QED) is 0.925. The number of H-pyrrole nitrogens is 1. The van der Waals surface area contributed by atoms with E-state index >= 15 is 0 Å². The number of halogens is 1. The summed E-state index contributed by atoms with van der Waals surface area (Å²) in [6.45, 7) is 0.819. The lowest BCUT2D eigenvalue weighted by molar-refractivity contribution is 0.636. The van der Waals surface area contributed by atoms with Gasteiger partial charge in [0.25, 0.3) is 0 Å². The zero-order chi connectivity index (χ0) is 11.8. The van der Waals surface area contributed by atoms with Gasteiger partial charge < -0.3 is 4.98 Å². The lowest BCUT2D eigenvalue weighted by atomic mass is 10.2. The number of hydrogen-bond donors (Lipinski definition) is 1. The number of nitrogens with zero attached hydrogens (tertiary/aromatic N) is 1. The van der Waals surface area contributed by atoms with Crippen LogP contribution >= 0.6 is 27.7 Å². The summed E-state index contributed by atoms with van der Waals surface area (Å²) in [6.07, 6.45) is 2.49. The summed E-state index contributed by atoms with van der Waals surface area (Å²) in [5, 5.41) is 0.589. The molecule has 1 aromatic heterocycles. The van der Waals surface area contributed by atoms with Gasteiger partial charge in [0.15, 0.2) is 0 Å². The molecule has 1 N–H and O–H groups in total. The van der Waals surface area contributed by atoms with Gasteiger partial charge in [0.2, 0.25) is 0 Å². The second-order valence-corrected chi connectivity index (χ2v) is 6.57. The fraction of sp³-hybridized carbons (Fsp3) is 0.417. The van der Waals surface area contributed by atoms with Gasteiger partial charge in [0.1, 0.15) is 0 Å². The summed E-state index contributed by atoms with van der Waals surface area (Å²) >= 11 is 5.45. The van der Waals surface area contributed by atoms with Crippen molar-refractivity contribution in [1.29, 1.82) is 0 Å². The highest BCUT2D eigenvalue weighted by Crippen LogP contribution is 2.28. The number of benzene rings is 1. The highest BCUT2D eigenvalue weighted by Gasteiger charge is 2.18. The van der Waals surface area contributed by atoms with E-state index < -0.39 is 0 Å². The molecular weight excluding hydrogens is 300 g/mol. The van der Waals surface area contributed by atoms with Gasteiger partial charge in [-0.3, -0.25) is 4.57 Å². The first-order chi connectivity index (χ1) is 8.25. The molecule has 0 amide bonds. The fourth-order valence-electron chi connectivity index (χ4n) is 2.32. The number of nitrogens with one attached hydrogen (secondary N) is 1. The molecule has 0 bridgehead atoms. The third-order valence-corrected chi connectivity index (χ3v) is 5.21. The normalized spacial score (nSPS) is 20.2. The maximum Gasteiger partial charge on any atom is 0.326 e. The molecule has 1 atom stereocenters. The van der Waals surface area contributed by atoms with Gasteiger partial charge in [-0.05, 0) is 46.7 Å². The van der Waals surface area contributed by atoms with Crippen LogP contribution < -0.4 is 5.69 Å². The Morgan fingerprint density at radius 1 is 1.53 bits per heavy atom. The van der Waals surface area contributed by atoms with Crippen LogP contribution in [-0.2, 0) is 6.54 Å². The lowest BCUT2D eigenvalue weighted by Gasteiger charge is -2.09. The van der Waals surface area contributed by atoms with E-state index in [0.29, 0.717) is 5.25 Å². The van der Waals surface area contributed by atoms with Crippen LogP contribution in [0, 0.1) is 0 Å². The number of aromatic nitrogens is 2. The van der Waals surface area contributed by atoms with E-state index in [9.17, 15) is 4.79 Å². The second kappa shape index (κ2) is 4.53. The molecule has 2 heterocycles. The highest BCUT2D eigenvalue weighted by atomic mass is 79.9.